The fourth-order valence-corrected chi connectivity index (χ4v) is 1.75. The van der Waals surface area contributed by atoms with Gasteiger partial charge >= 0.3 is 0 Å². The molecule has 0 amide bonds. The first kappa shape index (κ1) is 8.45. The van der Waals surface area contributed by atoms with Crippen LogP contribution in [-0.2, 0) is 0 Å². The van der Waals surface area contributed by atoms with Gasteiger partial charge in [-0.05, 0) is 24.6 Å². The fraction of sp³-hybridized carbons (Fsp3) is 0.182. The second-order valence-corrected chi connectivity index (χ2v) is 3.43. The van der Waals surface area contributed by atoms with Gasteiger partial charge in [-0.1, -0.05) is 36.5 Å². The average molecular weight is 189 g/mol. The van der Waals surface area contributed by atoms with Gasteiger partial charge in [0.05, 0.1) is 0 Å². The number of anilines is 1. The zero-order valence-corrected chi connectivity index (χ0v) is 8.13. The lowest BCUT2D eigenvalue weighted by Crippen LogP contribution is -2.30. The zero-order valence-electron chi connectivity index (χ0n) is 7.31. The molecule has 0 aliphatic carbocycles. The van der Waals surface area contributed by atoms with E-state index in [-0.39, 0.29) is 0 Å². The number of hydrogen-bond acceptors (Lipinski definition) is 1. The first-order valence-electron chi connectivity index (χ1n) is 4.41. The summed E-state index contributed by atoms with van der Waals surface area (Å²) in [5, 5.41) is 0. The Kier molecular flexibility index (Phi) is 2.41. The fourth-order valence-electron chi connectivity index (χ4n) is 1.45. The highest BCUT2D eigenvalue weighted by molar-refractivity contribution is 7.81. The Labute approximate surface area is 83.7 Å². The summed E-state index contributed by atoms with van der Waals surface area (Å²) in [5.74, 6) is 0. The van der Waals surface area contributed by atoms with Crippen LogP contribution in [-0.4, -0.2) is 11.5 Å². The van der Waals surface area contributed by atoms with E-state index in [2.05, 4.69) is 23.1 Å². The van der Waals surface area contributed by atoms with Crippen LogP contribution in [0.2, 0.25) is 0 Å². The van der Waals surface area contributed by atoms with Crippen LogP contribution in [0.3, 0.4) is 0 Å². The Bertz CT molecular complexity index is 329. The van der Waals surface area contributed by atoms with Gasteiger partial charge in [-0.2, -0.15) is 0 Å². The molecular weight excluding hydrogens is 178 g/mol. The van der Waals surface area contributed by atoms with Crippen LogP contribution >= 0.6 is 12.2 Å². The van der Waals surface area contributed by atoms with Crippen molar-refractivity contribution in [2.75, 3.05) is 11.4 Å². The number of thiocarbonyl (C=S) groups is 1. The van der Waals surface area contributed by atoms with Crippen LogP contribution in [0.5, 0.6) is 0 Å². The van der Waals surface area contributed by atoms with E-state index in [4.69, 9.17) is 12.2 Å². The van der Waals surface area contributed by atoms with Crippen molar-refractivity contribution < 1.29 is 0 Å². The van der Waals surface area contributed by atoms with Gasteiger partial charge in [-0.25, -0.2) is 0 Å². The third-order valence-electron chi connectivity index (χ3n) is 2.11. The van der Waals surface area contributed by atoms with Crippen molar-refractivity contribution in [1.29, 1.82) is 0 Å². The molecule has 0 atom stereocenters. The van der Waals surface area contributed by atoms with Crippen molar-refractivity contribution in [3.05, 3.63) is 42.5 Å². The Morgan fingerprint density at radius 2 is 1.92 bits per heavy atom. The molecule has 0 aromatic heterocycles. The smallest absolute Gasteiger partial charge is 0.105 e. The lowest BCUT2D eigenvalue weighted by Gasteiger charge is -2.25. The van der Waals surface area contributed by atoms with Crippen LogP contribution in [0.25, 0.3) is 0 Å². The molecule has 0 radical (unpaired) electrons. The van der Waals surface area contributed by atoms with Crippen LogP contribution in [0.4, 0.5) is 5.69 Å². The largest absolute Gasteiger partial charge is 0.332 e. The van der Waals surface area contributed by atoms with Gasteiger partial charge in [-0.3, -0.25) is 0 Å². The molecule has 2 rings (SSSR count). The quantitative estimate of drug-likeness (QED) is 0.625. The molecular formula is C11H11NS. The maximum absolute atomic E-state index is 5.25. The zero-order chi connectivity index (χ0) is 9.10. The minimum absolute atomic E-state index is 0.914. The molecule has 0 bridgehead atoms. The Morgan fingerprint density at radius 1 is 1.15 bits per heavy atom. The van der Waals surface area contributed by atoms with E-state index < -0.39 is 0 Å². The number of para-hydroxylation sites is 1. The highest BCUT2D eigenvalue weighted by atomic mass is 32.1. The Morgan fingerprint density at radius 3 is 2.62 bits per heavy atom. The molecule has 0 N–H and O–H groups in total. The van der Waals surface area contributed by atoms with Crippen molar-refractivity contribution in [2.24, 2.45) is 0 Å². The van der Waals surface area contributed by atoms with E-state index in [0.717, 1.165) is 18.0 Å². The molecule has 0 saturated carbocycles. The predicted molar refractivity (Wildman–Crippen MR) is 60.1 cm³/mol. The summed E-state index contributed by atoms with van der Waals surface area (Å²) in [5.41, 5.74) is 1.19. The standard InChI is InChI=1S/C11H11NS/c13-11-8-4-5-9-12(11)10-6-2-1-3-7-10/h1-4,6-8H,5,9H2. The number of rotatable bonds is 1. The van der Waals surface area contributed by atoms with Gasteiger partial charge in [0.25, 0.3) is 0 Å². The van der Waals surface area contributed by atoms with Gasteiger partial charge in [-0.15, -0.1) is 0 Å². The van der Waals surface area contributed by atoms with Gasteiger partial charge in [0, 0.05) is 12.2 Å². The Balaban J connectivity index is 2.27. The maximum atomic E-state index is 5.25. The third kappa shape index (κ3) is 1.78. The molecule has 66 valence electrons. The summed E-state index contributed by atoms with van der Waals surface area (Å²) < 4.78 is 0. The Hall–Kier alpha value is -1.15. The first-order chi connectivity index (χ1) is 6.38. The molecule has 1 aromatic carbocycles. The van der Waals surface area contributed by atoms with Crippen LogP contribution in [0, 0.1) is 0 Å². The molecule has 1 aliphatic heterocycles. The SMILES string of the molecule is S=C1C=CCCN1c1ccccc1. The lowest BCUT2D eigenvalue weighted by atomic mass is 10.2. The van der Waals surface area contributed by atoms with Crippen molar-refractivity contribution in [2.45, 2.75) is 6.42 Å². The van der Waals surface area contributed by atoms with Gasteiger partial charge in [0.2, 0.25) is 0 Å². The molecule has 1 heterocycles. The summed E-state index contributed by atoms with van der Waals surface area (Å²) in [6, 6.07) is 10.3. The van der Waals surface area contributed by atoms with E-state index in [9.17, 15) is 0 Å². The van der Waals surface area contributed by atoms with Gasteiger partial charge in [0.15, 0.2) is 0 Å². The van der Waals surface area contributed by atoms with Gasteiger partial charge < -0.3 is 4.90 Å². The highest BCUT2D eigenvalue weighted by Gasteiger charge is 2.11. The maximum Gasteiger partial charge on any atom is 0.105 e. The molecule has 0 fully saturated rings. The monoisotopic (exact) mass is 189 g/mol. The molecule has 0 unspecified atom stereocenters. The minimum Gasteiger partial charge on any atom is -0.332 e. The molecule has 1 nitrogen and oxygen atoms in total. The van der Waals surface area contributed by atoms with Crippen LogP contribution < -0.4 is 4.90 Å². The third-order valence-corrected chi connectivity index (χ3v) is 2.47. The second kappa shape index (κ2) is 3.71. The summed E-state index contributed by atoms with van der Waals surface area (Å²) in [6.45, 7) is 0.999. The van der Waals surface area contributed by atoms with E-state index in [1.807, 2.05) is 24.3 Å². The summed E-state index contributed by atoms with van der Waals surface area (Å²) in [6.07, 6.45) is 5.21. The predicted octanol–water partition coefficient (Wildman–Crippen LogP) is 2.78. The van der Waals surface area contributed by atoms with Crippen molar-refractivity contribution >= 4 is 22.9 Å². The van der Waals surface area contributed by atoms with Crippen molar-refractivity contribution in [3.8, 4) is 0 Å². The molecule has 1 aromatic rings. The second-order valence-electron chi connectivity index (χ2n) is 3.02. The number of nitrogens with zero attached hydrogens (tertiary/aromatic N) is 1. The van der Waals surface area contributed by atoms with E-state index >= 15 is 0 Å². The van der Waals surface area contributed by atoms with Crippen LogP contribution in [0.1, 0.15) is 6.42 Å². The average Bonchev–Trinajstić information content (AvgIpc) is 2.20. The first-order valence-corrected chi connectivity index (χ1v) is 4.82. The topological polar surface area (TPSA) is 3.24 Å². The van der Waals surface area contributed by atoms with E-state index in [1.165, 1.54) is 5.69 Å². The molecule has 0 saturated heterocycles. The number of benzene rings is 1. The number of hydrogen-bond donors (Lipinski definition) is 0. The minimum atomic E-state index is 0.914. The summed E-state index contributed by atoms with van der Waals surface area (Å²) in [7, 11) is 0. The van der Waals surface area contributed by atoms with Crippen LogP contribution in [0.15, 0.2) is 42.5 Å². The molecule has 2 heteroatoms. The van der Waals surface area contributed by atoms with Crippen molar-refractivity contribution in [3.63, 3.8) is 0 Å². The highest BCUT2D eigenvalue weighted by Crippen LogP contribution is 2.17. The molecule has 0 spiro atoms. The summed E-state index contributed by atoms with van der Waals surface area (Å²) >= 11 is 5.25. The lowest BCUT2D eigenvalue weighted by molar-refractivity contribution is 0.957. The normalized spacial score (nSPS) is 16.3. The summed E-state index contributed by atoms with van der Waals surface area (Å²) in [4.78, 5) is 3.08. The van der Waals surface area contributed by atoms with Crippen molar-refractivity contribution in [1.82, 2.24) is 0 Å². The van der Waals surface area contributed by atoms with E-state index in [1.54, 1.807) is 0 Å². The van der Waals surface area contributed by atoms with E-state index in [0.29, 0.717) is 0 Å². The molecule has 13 heavy (non-hydrogen) atoms. The van der Waals surface area contributed by atoms with Gasteiger partial charge in [0.1, 0.15) is 4.99 Å². The molecule has 1 aliphatic rings.